The number of rotatable bonds is 3. The maximum atomic E-state index is 3.39. The fourth-order valence-corrected chi connectivity index (χ4v) is 5.19. The minimum Gasteiger partial charge on any atom is -0.316 e. The molecular formula is C18H21NS. The van der Waals surface area contributed by atoms with Crippen molar-refractivity contribution in [2.45, 2.75) is 25.7 Å². The second kappa shape index (κ2) is 5.01. The maximum absolute atomic E-state index is 3.39. The number of likely N-dealkylation sites (N-methyl/N-ethyl adjacent to an activating group) is 1. The van der Waals surface area contributed by atoms with Gasteiger partial charge in [0.1, 0.15) is 0 Å². The van der Waals surface area contributed by atoms with Crippen LogP contribution in [0.15, 0.2) is 35.2 Å². The molecule has 1 aromatic heterocycles. The molecule has 1 N–H and O–H groups in total. The molecule has 2 aliphatic carbocycles. The Morgan fingerprint density at radius 2 is 2.20 bits per heavy atom. The quantitative estimate of drug-likeness (QED) is 0.861. The molecule has 1 aromatic carbocycles. The lowest BCUT2D eigenvalue weighted by Gasteiger charge is -2.27. The van der Waals surface area contributed by atoms with Gasteiger partial charge in [-0.1, -0.05) is 23.8 Å². The first-order valence-corrected chi connectivity index (χ1v) is 8.58. The number of hydrogen-bond acceptors (Lipinski definition) is 2. The van der Waals surface area contributed by atoms with Crippen LogP contribution in [0.2, 0.25) is 0 Å². The van der Waals surface area contributed by atoms with Crippen molar-refractivity contribution in [3.63, 3.8) is 0 Å². The average molecular weight is 283 g/mol. The van der Waals surface area contributed by atoms with Crippen molar-refractivity contribution in [1.29, 1.82) is 0 Å². The third-order valence-electron chi connectivity index (χ3n) is 5.02. The highest BCUT2D eigenvalue weighted by Crippen LogP contribution is 2.50. The lowest BCUT2D eigenvalue weighted by molar-refractivity contribution is 0.503. The highest BCUT2D eigenvalue weighted by molar-refractivity contribution is 7.17. The van der Waals surface area contributed by atoms with E-state index in [1.807, 2.05) is 11.3 Å². The molecular weight excluding hydrogens is 262 g/mol. The highest BCUT2D eigenvalue weighted by atomic mass is 32.1. The van der Waals surface area contributed by atoms with E-state index in [2.05, 4.69) is 42.0 Å². The lowest BCUT2D eigenvalue weighted by atomic mass is 9.79. The van der Waals surface area contributed by atoms with Crippen LogP contribution in [0.5, 0.6) is 0 Å². The third-order valence-corrected chi connectivity index (χ3v) is 5.99. The minimum absolute atomic E-state index is 0.810. The Morgan fingerprint density at radius 3 is 3.10 bits per heavy atom. The van der Waals surface area contributed by atoms with Gasteiger partial charge in [-0.3, -0.25) is 0 Å². The van der Waals surface area contributed by atoms with Crippen molar-refractivity contribution >= 4 is 27.0 Å². The summed E-state index contributed by atoms with van der Waals surface area (Å²) >= 11 is 1.90. The van der Waals surface area contributed by atoms with Gasteiger partial charge in [-0.2, -0.15) is 0 Å². The predicted octanol–water partition coefficient (Wildman–Crippen LogP) is 4.69. The van der Waals surface area contributed by atoms with Crippen molar-refractivity contribution in [3.8, 4) is 0 Å². The molecule has 2 bridgehead atoms. The zero-order valence-electron chi connectivity index (χ0n) is 12.0. The van der Waals surface area contributed by atoms with E-state index in [0.717, 1.165) is 18.4 Å². The first kappa shape index (κ1) is 12.6. The molecule has 0 radical (unpaired) electrons. The molecule has 2 heteroatoms. The largest absolute Gasteiger partial charge is 0.316 e. The van der Waals surface area contributed by atoms with Gasteiger partial charge < -0.3 is 5.32 Å². The lowest BCUT2D eigenvalue weighted by Crippen LogP contribution is -2.19. The monoisotopic (exact) mass is 283 g/mol. The first-order valence-electron chi connectivity index (χ1n) is 7.70. The Labute approximate surface area is 124 Å². The third kappa shape index (κ3) is 1.94. The molecule has 1 nitrogen and oxygen atoms in total. The summed E-state index contributed by atoms with van der Waals surface area (Å²) in [5, 5.41) is 7.03. The van der Waals surface area contributed by atoms with Gasteiger partial charge in [0, 0.05) is 11.2 Å². The number of benzene rings is 1. The Morgan fingerprint density at radius 1 is 1.25 bits per heavy atom. The van der Waals surface area contributed by atoms with E-state index in [1.165, 1.54) is 41.3 Å². The minimum atomic E-state index is 0.810. The van der Waals surface area contributed by atoms with E-state index in [4.69, 9.17) is 0 Å². The molecule has 2 aromatic rings. The second-order valence-corrected chi connectivity index (χ2v) is 7.19. The van der Waals surface area contributed by atoms with Crippen LogP contribution in [0.4, 0.5) is 0 Å². The number of allylic oxidation sites excluding steroid dienone is 1. The molecule has 1 saturated carbocycles. The Hall–Kier alpha value is -1.12. The van der Waals surface area contributed by atoms with Gasteiger partial charge in [0.15, 0.2) is 0 Å². The van der Waals surface area contributed by atoms with Gasteiger partial charge in [-0.05, 0) is 72.5 Å². The maximum Gasteiger partial charge on any atom is 0.0417 e. The van der Waals surface area contributed by atoms with E-state index >= 15 is 0 Å². The van der Waals surface area contributed by atoms with Crippen LogP contribution >= 0.6 is 11.3 Å². The van der Waals surface area contributed by atoms with Crippen LogP contribution in [0.3, 0.4) is 0 Å². The predicted molar refractivity (Wildman–Crippen MR) is 88.1 cm³/mol. The topological polar surface area (TPSA) is 12.0 Å². The normalized spacial score (nSPS) is 25.6. The van der Waals surface area contributed by atoms with Crippen LogP contribution in [0.1, 0.15) is 31.2 Å². The smallest absolute Gasteiger partial charge is 0.0417 e. The van der Waals surface area contributed by atoms with Gasteiger partial charge in [0.25, 0.3) is 0 Å². The fraction of sp³-hybridized carbons (Fsp3) is 0.444. The van der Waals surface area contributed by atoms with Gasteiger partial charge in [-0.15, -0.1) is 11.3 Å². The molecule has 2 aliphatic rings. The summed E-state index contributed by atoms with van der Waals surface area (Å²) in [5.74, 6) is 1.76. The first-order chi connectivity index (χ1) is 9.86. The van der Waals surface area contributed by atoms with Crippen LogP contribution in [-0.4, -0.2) is 13.6 Å². The summed E-state index contributed by atoms with van der Waals surface area (Å²) in [5.41, 5.74) is 4.88. The van der Waals surface area contributed by atoms with Crippen molar-refractivity contribution in [1.82, 2.24) is 5.32 Å². The Balaban J connectivity index is 1.90. The van der Waals surface area contributed by atoms with Crippen molar-refractivity contribution in [2.75, 3.05) is 13.6 Å². The van der Waals surface area contributed by atoms with Gasteiger partial charge in [-0.25, -0.2) is 0 Å². The van der Waals surface area contributed by atoms with E-state index in [1.54, 1.807) is 11.1 Å². The summed E-state index contributed by atoms with van der Waals surface area (Å²) in [4.78, 5) is 0. The fourth-order valence-electron chi connectivity index (χ4n) is 4.27. The second-order valence-electron chi connectivity index (χ2n) is 6.27. The van der Waals surface area contributed by atoms with E-state index in [-0.39, 0.29) is 0 Å². The van der Waals surface area contributed by atoms with Crippen LogP contribution in [0, 0.1) is 11.8 Å². The summed E-state index contributed by atoms with van der Waals surface area (Å²) in [6.07, 6.45) is 5.57. The Bertz CT molecular complexity index is 667. The van der Waals surface area contributed by atoms with E-state index in [0.29, 0.717) is 0 Å². The van der Waals surface area contributed by atoms with Crippen LogP contribution < -0.4 is 5.32 Å². The number of hydrogen-bond donors (Lipinski definition) is 1. The summed E-state index contributed by atoms with van der Waals surface area (Å²) in [6.45, 7) is 1.06. The van der Waals surface area contributed by atoms with Gasteiger partial charge in [0.05, 0.1) is 0 Å². The molecule has 0 spiro atoms. The van der Waals surface area contributed by atoms with Crippen molar-refractivity contribution in [3.05, 3.63) is 40.8 Å². The molecule has 2 unspecified atom stereocenters. The molecule has 0 saturated heterocycles. The van der Waals surface area contributed by atoms with E-state index < -0.39 is 0 Å². The summed E-state index contributed by atoms with van der Waals surface area (Å²) < 4.78 is 1.49. The van der Waals surface area contributed by atoms with Crippen LogP contribution in [0.25, 0.3) is 15.7 Å². The molecule has 1 fully saturated rings. The Kier molecular flexibility index (Phi) is 3.16. The molecule has 1 heterocycles. The summed E-state index contributed by atoms with van der Waals surface area (Å²) in [7, 11) is 2.08. The van der Waals surface area contributed by atoms with Crippen molar-refractivity contribution in [2.24, 2.45) is 11.8 Å². The summed E-state index contributed by atoms with van der Waals surface area (Å²) in [6, 6.07) is 9.08. The molecule has 0 amide bonds. The molecule has 2 atom stereocenters. The number of nitrogens with one attached hydrogen (secondary N) is 1. The molecule has 20 heavy (non-hydrogen) atoms. The van der Waals surface area contributed by atoms with Crippen molar-refractivity contribution < 1.29 is 0 Å². The molecule has 104 valence electrons. The number of thiophene rings is 1. The SMILES string of the molecule is CNCC1=C(c2cccc3ccsc23)C2CCC(C1)C2. The van der Waals surface area contributed by atoms with Crippen LogP contribution in [-0.2, 0) is 0 Å². The number of fused-ring (bicyclic) bond motifs is 3. The molecule has 4 rings (SSSR count). The standard InChI is InChI=1S/C18H21NS/c1-19-11-15-10-12-5-6-14(9-12)17(15)16-4-2-3-13-7-8-20-18(13)16/h2-4,7-8,12,14,19H,5-6,9-11H2,1H3. The molecule has 0 aliphatic heterocycles. The zero-order chi connectivity index (χ0) is 13.5. The average Bonchev–Trinajstić information content (AvgIpc) is 3.07. The van der Waals surface area contributed by atoms with Gasteiger partial charge in [0.2, 0.25) is 0 Å². The van der Waals surface area contributed by atoms with Gasteiger partial charge >= 0.3 is 0 Å². The van der Waals surface area contributed by atoms with E-state index in [9.17, 15) is 0 Å². The zero-order valence-corrected chi connectivity index (χ0v) is 12.8. The highest BCUT2D eigenvalue weighted by Gasteiger charge is 2.35.